The number of carbonyl (C=O) groups is 2. The Bertz CT molecular complexity index is 1040. The van der Waals surface area contributed by atoms with Gasteiger partial charge in [-0.25, -0.2) is 14.6 Å². The second kappa shape index (κ2) is 13.6. The molecule has 4 rings (SSSR count). The highest BCUT2D eigenvalue weighted by atomic mass is 19.4. The molecule has 0 radical (unpaired) electrons. The molecule has 0 aliphatic carbocycles. The van der Waals surface area contributed by atoms with E-state index in [4.69, 9.17) is 24.5 Å². The number of pyridine rings is 1. The molecule has 0 aromatic carbocycles. The fraction of sp³-hybridized carbons (Fsp3) is 0.565. The summed E-state index contributed by atoms with van der Waals surface area (Å²) in [6, 6.07) is 6.38. The number of carboxylic acid groups (broad SMARTS) is 2. The SMILES string of the molecule is CC(C)n1cc(CN2C[C@@H]3[C@@H](CNc4ccccn4)CO[C@@H]3C2)cn1.O=C(O)C(F)(F)F.O=C(O)C(F)(F)F. The van der Waals surface area contributed by atoms with Gasteiger partial charge in [-0.3, -0.25) is 9.58 Å². The third-order valence-electron chi connectivity index (χ3n) is 5.80. The number of likely N-dealkylation sites (tertiary alicyclic amines) is 1. The van der Waals surface area contributed by atoms with E-state index in [0.717, 1.165) is 38.6 Å². The lowest BCUT2D eigenvalue weighted by Crippen LogP contribution is -2.27. The lowest BCUT2D eigenvalue weighted by molar-refractivity contribution is -0.193. The maximum atomic E-state index is 10.6. The molecule has 39 heavy (non-hydrogen) atoms. The third kappa shape index (κ3) is 10.4. The largest absolute Gasteiger partial charge is 0.490 e. The van der Waals surface area contributed by atoms with Crippen molar-refractivity contribution in [2.75, 3.05) is 31.6 Å². The molecule has 0 bridgehead atoms. The van der Waals surface area contributed by atoms with E-state index in [1.54, 1.807) is 0 Å². The highest BCUT2D eigenvalue weighted by Gasteiger charge is 2.43. The normalized spacial score (nSPS) is 20.9. The molecule has 0 spiro atoms. The molecule has 3 atom stereocenters. The van der Waals surface area contributed by atoms with Gasteiger partial charge in [-0.2, -0.15) is 31.4 Å². The van der Waals surface area contributed by atoms with E-state index in [0.29, 0.717) is 24.0 Å². The summed E-state index contributed by atoms with van der Waals surface area (Å²) >= 11 is 0. The Balaban J connectivity index is 0.000000317. The summed E-state index contributed by atoms with van der Waals surface area (Å²) in [5, 5.41) is 22.2. The predicted octanol–water partition coefficient (Wildman–Crippen LogP) is 3.68. The number of anilines is 1. The highest BCUT2D eigenvalue weighted by Crippen LogP contribution is 2.34. The highest BCUT2D eigenvalue weighted by molar-refractivity contribution is 5.73. The molecular formula is C23H29F6N5O5. The third-order valence-corrected chi connectivity index (χ3v) is 5.80. The first-order valence-corrected chi connectivity index (χ1v) is 11.7. The first-order valence-electron chi connectivity index (χ1n) is 11.7. The Kier molecular flexibility index (Phi) is 11.1. The average Bonchev–Trinajstić information content (AvgIpc) is 3.55. The molecule has 0 saturated carbocycles. The van der Waals surface area contributed by atoms with Crippen molar-refractivity contribution in [2.24, 2.45) is 11.8 Å². The van der Waals surface area contributed by atoms with Gasteiger partial charge >= 0.3 is 24.3 Å². The molecule has 0 amide bonds. The van der Waals surface area contributed by atoms with Crippen LogP contribution in [0.3, 0.4) is 0 Å². The maximum absolute atomic E-state index is 10.6. The molecule has 3 N–H and O–H groups in total. The van der Waals surface area contributed by atoms with Gasteiger partial charge in [0.05, 0.1) is 18.9 Å². The number of ether oxygens (including phenoxy) is 1. The number of nitrogens with zero attached hydrogens (tertiary/aromatic N) is 4. The van der Waals surface area contributed by atoms with Gasteiger partial charge in [-0.05, 0) is 26.0 Å². The van der Waals surface area contributed by atoms with Crippen LogP contribution in [0.25, 0.3) is 0 Å². The molecule has 16 heteroatoms. The maximum Gasteiger partial charge on any atom is 0.490 e. The van der Waals surface area contributed by atoms with Gasteiger partial charge in [0.2, 0.25) is 0 Å². The molecule has 0 unspecified atom stereocenters. The number of carboxylic acids is 2. The molecule has 2 fully saturated rings. The number of halogens is 6. The van der Waals surface area contributed by atoms with Crippen molar-refractivity contribution in [3.8, 4) is 0 Å². The number of fused-ring (bicyclic) bond motifs is 1. The number of nitrogens with one attached hydrogen (secondary N) is 1. The van der Waals surface area contributed by atoms with Crippen molar-refractivity contribution in [3.05, 3.63) is 42.4 Å². The van der Waals surface area contributed by atoms with Crippen LogP contribution in [0.5, 0.6) is 0 Å². The van der Waals surface area contributed by atoms with E-state index >= 15 is 0 Å². The van der Waals surface area contributed by atoms with E-state index in [1.807, 2.05) is 35.3 Å². The van der Waals surface area contributed by atoms with Crippen molar-refractivity contribution >= 4 is 17.8 Å². The minimum absolute atomic E-state index is 0.371. The Morgan fingerprint density at radius 1 is 1.10 bits per heavy atom. The quantitative estimate of drug-likeness (QED) is 0.446. The Hall–Kier alpha value is -3.40. The zero-order valence-corrected chi connectivity index (χ0v) is 21.0. The Morgan fingerprint density at radius 2 is 1.72 bits per heavy atom. The predicted molar refractivity (Wildman–Crippen MR) is 125 cm³/mol. The van der Waals surface area contributed by atoms with Crippen molar-refractivity contribution in [1.82, 2.24) is 19.7 Å². The summed E-state index contributed by atoms with van der Waals surface area (Å²) in [5.41, 5.74) is 1.29. The second-order valence-electron chi connectivity index (χ2n) is 9.11. The van der Waals surface area contributed by atoms with E-state index in [-0.39, 0.29) is 0 Å². The summed E-state index contributed by atoms with van der Waals surface area (Å²) in [7, 11) is 0. The van der Waals surface area contributed by atoms with Crippen molar-refractivity contribution in [3.63, 3.8) is 0 Å². The molecule has 218 valence electrons. The van der Waals surface area contributed by atoms with Crippen LogP contribution < -0.4 is 5.32 Å². The zero-order valence-electron chi connectivity index (χ0n) is 21.0. The topological polar surface area (TPSA) is 130 Å². The summed E-state index contributed by atoms with van der Waals surface area (Å²) in [6.07, 6.45) is -3.81. The summed E-state index contributed by atoms with van der Waals surface area (Å²) < 4.78 is 71.6. The second-order valence-corrected chi connectivity index (χ2v) is 9.11. The monoisotopic (exact) mass is 569 g/mol. The number of alkyl halides is 6. The van der Waals surface area contributed by atoms with E-state index < -0.39 is 24.3 Å². The lowest BCUT2D eigenvalue weighted by atomic mass is 9.93. The summed E-state index contributed by atoms with van der Waals surface area (Å²) in [4.78, 5) is 24.6. The number of hydrogen-bond donors (Lipinski definition) is 3. The van der Waals surface area contributed by atoms with Crippen LogP contribution in [0.2, 0.25) is 0 Å². The Morgan fingerprint density at radius 3 is 2.21 bits per heavy atom. The average molecular weight is 570 g/mol. The van der Waals surface area contributed by atoms with Crippen LogP contribution in [0.15, 0.2) is 36.8 Å². The molecule has 4 heterocycles. The summed E-state index contributed by atoms with van der Waals surface area (Å²) in [6.45, 7) is 9.19. The van der Waals surface area contributed by atoms with Crippen molar-refractivity contribution in [1.29, 1.82) is 0 Å². The summed E-state index contributed by atoms with van der Waals surface area (Å²) in [5.74, 6) is -3.41. The fourth-order valence-electron chi connectivity index (χ4n) is 3.92. The molecule has 2 aromatic rings. The first kappa shape index (κ1) is 31.8. The van der Waals surface area contributed by atoms with E-state index in [1.165, 1.54) is 5.56 Å². The van der Waals surface area contributed by atoms with E-state index in [9.17, 15) is 26.3 Å². The van der Waals surface area contributed by atoms with Gasteiger partial charge in [-0.1, -0.05) is 6.07 Å². The smallest absolute Gasteiger partial charge is 0.475 e. The number of aliphatic carboxylic acids is 2. The molecule has 2 aliphatic rings. The van der Waals surface area contributed by atoms with Gasteiger partial charge in [0.15, 0.2) is 0 Å². The fourth-order valence-corrected chi connectivity index (χ4v) is 3.92. The van der Waals surface area contributed by atoms with E-state index in [2.05, 4.69) is 40.3 Å². The van der Waals surface area contributed by atoms with Crippen LogP contribution in [0.4, 0.5) is 32.2 Å². The number of aromatic nitrogens is 3. The van der Waals surface area contributed by atoms with Crippen LogP contribution >= 0.6 is 0 Å². The van der Waals surface area contributed by atoms with Crippen LogP contribution in [-0.2, 0) is 20.9 Å². The van der Waals surface area contributed by atoms with Gasteiger partial charge in [0.1, 0.15) is 5.82 Å². The minimum atomic E-state index is -5.08. The van der Waals surface area contributed by atoms with Gasteiger partial charge < -0.3 is 20.3 Å². The van der Waals surface area contributed by atoms with Crippen molar-refractivity contribution < 1.29 is 50.9 Å². The number of rotatable bonds is 6. The standard InChI is InChI=1S/C19H27N5O.2C2HF3O2/c1-14(2)24-10-15(7-22-24)9-23-11-17-16(13-25-18(17)12-23)8-21-19-5-3-4-6-20-19;2*3-2(4,5)1(6)7/h3-7,10,14,16-18H,8-9,11-13H2,1-2H3,(H,20,21);2*(H,6,7)/t16-,17+,18+;;/m0../s1. The minimum Gasteiger partial charge on any atom is -0.475 e. The van der Waals surface area contributed by atoms with Gasteiger partial charge in [0.25, 0.3) is 0 Å². The molecular weight excluding hydrogens is 540 g/mol. The number of hydrogen-bond acceptors (Lipinski definition) is 7. The van der Waals surface area contributed by atoms with Gasteiger partial charge in [-0.15, -0.1) is 0 Å². The van der Waals surface area contributed by atoms with Gasteiger partial charge in [0, 0.05) is 62.0 Å². The Labute approximate surface area is 219 Å². The molecule has 2 saturated heterocycles. The first-order chi connectivity index (χ1) is 18.1. The van der Waals surface area contributed by atoms with Crippen LogP contribution in [0.1, 0.15) is 25.5 Å². The molecule has 2 aliphatic heterocycles. The molecule has 2 aromatic heterocycles. The van der Waals surface area contributed by atoms with Crippen LogP contribution in [0, 0.1) is 11.8 Å². The lowest BCUT2D eigenvalue weighted by Gasteiger charge is -2.19. The van der Waals surface area contributed by atoms with Crippen molar-refractivity contribution in [2.45, 2.75) is 44.9 Å². The molecule has 10 nitrogen and oxygen atoms in total. The zero-order chi connectivity index (χ0) is 29.4. The van der Waals surface area contributed by atoms with Crippen LogP contribution in [-0.4, -0.2) is 86.5 Å².